The van der Waals surface area contributed by atoms with Gasteiger partial charge >= 0.3 is 0 Å². The van der Waals surface area contributed by atoms with Gasteiger partial charge in [0.15, 0.2) is 0 Å². The SMILES string of the molecule is CC(C(=O)NCCCN1CCOCC1)C1CCN(C(=O)c2cc3cc(Cl)ccc3[nH]2)CC1. The van der Waals surface area contributed by atoms with E-state index in [0.29, 0.717) is 36.3 Å². The van der Waals surface area contributed by atoms with Gasteiger partial charge in [-0.25, -0.2) is 0 Å². The van der Waals surface area contributed by atoms with Gasteiger partial charge in [-0.3, -0.25) is 14.5 Å². The molecule has 0 spiro atoms. The molecule has 1 aromatic carbocycles. The molecule has 0 bridgehead atoms. The summed E-state index contributed by atoms with van der Waals surface area (Å²) in [6.07, 6.45) is 2.65. The number of nitrogens with one attached hydrogen (secondary N) is 2. The molecule has 2 saturated heterocycles. The Morgan fingerprint density at radius 2 is 1.94 bits per heavy atom. The molecule has 2 N–H and O–H groups in total. The molecule has 7 nitrogen and oxygen atoms in total. The Labute approximate surface area is 194 Å². The molecule has 8 heteroatoms. The average Bonchev–Trinajstić information content (AvgIpc) is 3.24. The Hall–Kier alpha value is -2.09. The highest BCUT2D eigenvalue weighted by Crippen LogP contribution is 2.27. The Bertz CT molecular complexity index is 932. The number of aromatic nitrogens is 1. The van der Waals surface area contributed by atoms with Crippen molar-refractivity contribution in [1.29, 1.82) is 0 Å². The van der Waals surface area contributed by atoms with E-state index in [1.54, 1.807) is 0 Å². The van der Waals surface area contributed by atoms with Gasteiger partial charge in [0.1, 0.15) is 5.69 Å². The molecule has 0 aliphatic carbocycles. The summed E-state index contributed by atoms with van der Waals surface area (Å²) in [6, 6.07) is 7.43. The molecule has 32 heavy (non-hydrogen) atoms. The van der Waals surface area contributed by atoms with Crippen LogP contribution in [0.3, 0.4) is 0 Å². The fourth-order valence-electron chi connectivity index (χ4n) is 4.71. The number of morpholine rings is 1. The summed E-state index contributed by atoms with van der Waals surface area (Å²) >= 11 is 6.05. The van der Waals surface area contributed by atoms with E-state index in [4.69, 9.17) is 16.3 Å². The van der Waals surface area contributed by atoms with Crippen molar-refractivity contribution in [2.24, 2.45) is 11.8 Å². The maximum absolute atomic E-state index is 12.9. The van der Waals surface area contributed by atoms with Gasteiger partial charge in [-0.2, -0.15) is 0 Å². The van der Waals surface area contributed by atoms with Gasteiger partial charge in [0.05, 0.1) is 13.2 Å². The minimum absolute atomic E-state index is 0.0102. The normalized spacial score (nSPS) is 19.2. The molecule has 174 valence electrons. The predicted molar refractivity (Wildman–Crippen MR) is 126 cm³/mol. The number of piperidine rings is 1. The number of hydrogen-bond acceptors (Lipinski definition) is 4. The molecule has 4 rings (SSSR count). The van der Waals surface area contributed by atoms with Crippen LogP contribution in [0.4, 0.5) is 0 Å². The van der Waals surface area contributed by atoms with Crippen LogP contribution in [-0.2, 0) is 9.53 Å². The van der Waals surface area contributed by atoms with E-state index in [1.165, 1.54) is 0 Å². The summed E-state index contributed by atoms with van der Waals surface area (Å²) < 4.78 is 5.37. The number of benzene rings is 1. The first-order chi connectivity index (χ1) is 15.5. The van der Waals surface area contributed by atoms with Crippen LogP contribution in [0.2, 0.25) is 5.02 Å². The first kappa shape index (κ1) is 23.1. The zero-order chi connectivity index (χ0) is 22.5. The number of halogens is 1. The number of ether oxygens (including phenoxy) is 1. The summed E-state index contributed by atoms with van der Waals surface area (Å²) in [4.78, 5) is 33.0. The maximum Gasteiger partial charge on any atom is 0.270 e. The number of nitrogens with zero attached hydrogens (tertiary/aromatic N) is 2. The Morgan fingerprint density at radius 1 is 1.19 bits per heavy atom. The number of carbonyl (C=O) groups excluding carboxylic acids is 2. The predicted octanol–water partition coefficient (Wildman–Crippen LogP) is 3.15. The van der Waals surface area contributed by atoms with Gasteiger partial charge in [-0.05, 0) is 56.0 Å². The number of likely N-dealkylation sites (tertiary alicyclic amines) is 1. The van der Waals surface area contributed by atoms with Crippen LogP contribution >= 0.6 is 11.6 Å². The minimum atomic E-state index is -0.0362. The third-order valence-corrected chi connectivity index (χ3v) is 7.05. The Balaban J connectivity index is 1.20. The van der Waals surface area contributed by atoms with Crippen molar-refractivity contribution in [3.8, 4) is 0 Å². The van der Waals surface area contributed by atoms with E-state index >= 15 is 0 Å². The van der Waals surface area contributed by atoms with Gasteiger partial charge in [-0.1, -0.05) is 18.5 Å². The lowest BCUT2D eigenvalue weighted by molar-refractivity contribution is -0.126. The van der Waals surface area contributed by atoms with Gasteiger partial charge in [0.2, 0.25) is 5.91 Å². The molecule has 2 fully saturated rings. The largest absolute Gasteiger partial charge is 0.379 e. The van der Waals surface area contributed by atoms with Crippen LogP contribution in [-0.4, -0.2) is 79.1 Å². The van der Waals surface area contributed by atoms with Gasteiger partial charge in [0, 0.05) is 54.6 Å². The molecule has 1 atom stereocenters. The summed E-state index contributed by atoms with van der Waals surface area (Å²) in [5.74, 6) is 0.408. The first-order valence-corrected chi connectivity index (χ1v) is 12.0. The van der Waals surface area contributed by atoms with E-state index in [2.05, 4.69) is 15.2 Å². The Morgan fingerprint density at radius 3 is 2.69 bits per heavy atom. The molecule has 2 aliphatic rings. The molecule has 0 saturated carbocycles. The zero-order valence-corrected chi connectivity index (χ0v) is 19.5. The number of aromatic amines is 1. The van der Waals surface area contributed by atoms with Crippen LogP contribution in [0.15, 0.2) is 24.3 Å². The highest BCUT2D eigenvalue weighted by molar-refractivity contribution is 6.31. The average molecular weight is 461 g/mol. The highest BCUT2D eigenvalue weighted by Gasteiger charge is 2.30. The lowest BCUT2D eigenvalue weighted by Crippen LogP contribution is -2.43. The van der Waals surface area contributed by atoms with Crippen molar-refractivity contribution in [3.05, 3.63) is 35.0 Å². The monoisotopic (exact) mass is 460 g/mol. The fourth-order valence-corrected chi connectivity index (χ4v) is 4.89. The third kappa shape index (κ3) is 5.63. The molecular formula is C24H33ClN4O3. The highest BCUT2D eigenvalue weighted by atomic mass is 35.5. The molecule has 1 unspecified atom stereocenters. The number of fused-ring (bicyclic) bond motifs is 1. The first-order valence-electron chi connectivity index (χ1n) is 11.7. The molecule has 2 aromatic rings. The number of carbonyl (C=O) groups is 2. The van der Waals surface area contributed by atoms with Gasteiger partial charge in [0.25, 0.3) is 5.91 Å². The third-order valence-electron chi connectivity index (χ3n) is 6.81. The van der Waals surface area contributed by atoms with Crippen molar-refractivity contribution < 1.29 is 14.3 Å². The molecule has 2 amide bonds. The van der Waals surface area contributed by atoms with E-state index < -0.39 is 0 Å². The number of H-pyrrole nitrogens is 1. The van der Waals surface area contributed by atoms with Crippen molar-refractivity contribution in [2.75, 3.05) is 52.5 Å². The summed E-state index contributed by atoms with van der Waals surface area (Å²) in [7, 11) is 0. The number of amides is 2. The van der Waals surface area contributed by atoms with Crippen LogP contribution in [0.25, 0.3) is 10.9 Å². The quantitative estimate of drug-likeness (QED) is 0.622. The fraction of sp³-hybridized carbons (Fsp3) is 0.583. The standard InChI is InChI=1S/C24H33ClN4O3/c1-17(23(30)26-7-2-8-28-11-13-32-14-12-28)18-5-9-29(10-6-18)24(31)22-16-19-15-20(25)3-4-21(19)27-22/h3-4,15-18,27H,2,5-14H2,1H3,(H,26,30). The van der Waals surface area contributed by atoms with Crippen molar-refractivity contribution in [1.82, 2.24) is 20.1 Å². The lowest BCUT2D eigenvalue weighted by Gasteiger charge is -2.34. The zero-order valence-electron chi connectivity index (χ0n) is 18.7. The molecular weight excluding hydrogens is 428 g/mol. The van der Waals surface area contributed by atoms with Crippen LogP contribution in [0.1, 0.15) is 36.7 Å². The second kappa shape index (κ2) is 10.7. The molecule has 3 heterocycles. The minimum Gasteiger partial charge on any atom is -0.379 e. The molecule has 0 radical (unpaired) electrons. The number of rotatable bonds is 7. The van der Waals surface area contributed by atoms with E-state index in [1.807, 2.05) is 36.1 Å². The van der Waals surface area contributed by atoms with E-state index in [0.717, 1.165) is 63.0 Å². The van der Waals surface area contributed by atoms with Gasteiger partial charge < -0.3 is 19.9 Å². The molecule has 1 aromatic heterocycles. The summed E-state index contributed by atoms with van der Waals surface area (Å²) in [5, 5.41) is 4.70. The van der Waals surface area contributed by atoms with E-state index in [-0.39, 0.29) is 17.7 Å². The Kier molecular flexibility index (Phi) is 7.71. The smallest absolute Gasteiger partial charge is 0.270 e. The maximum atomic E-state index is 12.9. The van der Waals surface area contributed by atoms with Crippen molar-refractivity contribution in [3.63, 3.8) is 0 Å². The summed E-state index contributed by atoms with van der Waals surface area (Å²) in [6.45, 7) is 8.64. The summed E-state index contributed by atoms with van der Waals surface area (Å²) in [5.41, 5.74) is 1.50. The van der Waals surface area contributed by atoms with E-state index in [9.17, 15) is 9.59 Å². The molecule has 2 aliphatic heterocycles. The van der Waals surface area contributed by atoms with Crippen LogP contribution < -0.4 is 5.32 Å². The van der Waals surface area contributed by atoms with Gasteiger partial charge in [-0.15, -0.1) is 0 Å². The van der Waals surface area contributed by atoms with Crippen LogP contribution in [0.5, 0.6) is 0 Å². The second-order valence-electron chi connectivity index (χ2n) is 8.93. The number of hydrogen-bond donors (Lipinski definition) is 2. The topological polar surface area (TPSA) is 77.7 Å². The van der Waals surface area contributed by atoms with Crippen LogP contribution in [0, 0.1) is 11.8 Å². The second-order valence-corrected chi connectivity index (χ2v) is 9.37. The van der Waals surface area contributed by atoms with Crippen molar-refractivity contribution in [2.45, 2.75) is 26.2 Å². The lowest BCUT2D eigenvalue weighted by atomic mass is 9.84. The van der Waals surface area contributed by atoms with Crippen molar-refractivity contribution >= 4 is 34.3 Å².